The highest BCUT2D eigenvalue weighted by atomic mass is 32.2. The Labute approximate surface area is 201 Å². The molecule has 1 fully saturated rings. The van der Waals surface area contributed by atoms with Gasteiger partial charge in [0.2, 0.25) is 15.9 Å². The third-order valence-corrected chi connectivity index (χ3v) is 7.24. The van der Waals surface area contributed by atoms with Crippen LogP contribution in [0.4, 0.5) is 5.69 Å². The van der Waals surface area contributed by atoms with E-state index >= 15 is 0 Å². The second kappa shape index (κ2) is 11.5. The number of nitrogens with one attached hydrogen (secondary N) is 2. The van der Waals surface area contributed by atoms with Crippen LogP contribution >= 0.6 is 0 Å². The quantitative estimate of drug-likeness (QED) is 0.526. The molecule has 0 saturated carbocycles. The molecule has 1 atom stereocenters. The predicted octanol–water partition coefficient (Wildman–Crippen LogP) is 2.79. The van der Waals surface area contributed by atoms with Crippen LogP contribution in [-0.4, -0.2) is 64.7 Å². The van der Waals surface area contributed by atoms with Crippen molar-refractivity contribution in [2.75, 3.05) is 45.3 Å². The van der Waals surface area contributed by atoms with Crippen LogP contribution in [0.25, 0.3) is 0 Å². The fourth-order valence-corrected chi connectivity index (χ4v) is 5.11. The third kappa shape index (κ3) is 6.40. The van der Waals surface area contributed by atoms with Gasteiger partial charge in [0.05, 0.1) is 49.6 Å². The summed E-state index contributed by atoms with van der Waals surface area (Å²) in [6.07, 6.45) is -0.123. The molecule has 1 unspecified atom stereocenters. The van der Waals surface area contributed by atoms with Crippen LogP contribution in [0.5, 0.6) is 11.5 Å². The van der Waals surface area contributed by atoms with Gasteiger partial charge in [0.25, 0.3) is 0 Å². The molecular weight excluding hydrogens is 458 g/mol. The molecule has 2 aromatic carbocycles. The van der Waals surface area contributed by atoms with Crippen molar-refractivity contribution in [3.63, 3.8) is 0 Å². The SMILES string of the molecule is COc1ccccc1C(C)NC(=O)CNc1cc(S(=O)(=O)N2CCOCC2)ccc1OC(C)C. The summed E-state index contributed by atoms with van der Waals surface area (Å²) >= 11 is 0. The zero-order chi connectivity index (χ0) is 24.7. The Morgan fingerprint density at radius 3 is 2.47 bits per heavy atom. The van der Waals surface area contributed by atoms with E-state index < -0.39 is 10.0 Å². The smallest absolute Gasteiger partial charge is 0.243 e. The summed E-state index contributed by atoms with van der Waals surface area (Å²) in [5.41, 5.74) is 1.30. The maximum Gasteiger partial charge on any atom is 0.243 e. The fraction of sp³-hybridized carbons (Fsp3) is 0.458. The van der Waals surface area contributed by atoms with Crippen LogP contribution < -0.4 is 20.1 Å². The summed E-state index contributed by atoms with van der Waals surface area (Å²) in [4.78, 5) is 12.8. The maximum atomic E-state index is 13.1. The molecule has 9 nitrogen and oxygen atoms in total. The zero-order valence-corrected chi connectivity index (χ0v) is 20.9. The number of hydrogen-bond donors (Lipinski definition) is 2. The van der Waals surface area contributed by atoms with Gasteiger partial charge in [-0.1, -0.05) is 18.2 Å². The first kappa shape index (κ1) is 25.8. The number of carbonyl (C=O) groups excluding carboxylic acids is 1. The molecule has 1 amide bonds. The molecule has 1 heterocycles. The van der Waals surface area contributed by atoms with Crippen LogP contribution in [-0.2, 0) is 19.6 Å². The van der Waals surface area contributed by atoms with Gasteiger partial charge in [0.15, 0.2) is 0 Å². The molecule has 2 aromatic rings. The third-order valence-electron chi connectivity index (χ3n) is 5.34. The second-order valence-corrected chi connectivity index (χ2v) is 10.2. The number of methoxy groups -OCH3 is 1. The van der Waals surface area contributed by atoms with Gasteiger partial charge in [-0.05, 0) is 45.0 Å². The Bertz CT molecular complexity index is 1080. The number of sulfonamides is 1. The number of hydrogen-bond acceptors (Lipinski definition) is 7. The molecule has 186 valence electrons. The van der Waals surface area contributed by atoms with Crippen molar-refractivity contribution in [1.29, 1.82) is 0 Å². The van der Waals surface area contributed by atoms with Crippen molar-refractivity contribution in [2.45, 2.75) is 37.8 Å². The van der Waals surface area contributed by atoms with Crippen LogP contribution in [0.15, 0.2) is 47.4 Å². The normalized spacial score (nSPS) is 15.6. The molecule has 0 bridgehead atoms. The van der Waals surface area contributed by atoms with Crippen molar-refractivity contribution in [2.24, 2.45) is 0 Å². The summed E-state index contributed by atoms with van der Waals surface area (Å²) < 4.78 is 44.0. The predicted molar refractivity (Wildman–Crippen MR) is 130 cm³/mol. The topological polar surface area (TPSA) is 106 Å². The van der Waals surface area contributed by atoms with Gasteiger partial charge < -0.3 is 24.8 Å². The van der Waals surface area contributed by atoms with E-state index in [9.17, 15) is 13.2 Å². The molecular formula is C24H33N3O6S. The van der Waals surface area contributed by atoms with Crippen molar-refractivity contribution in [3.8, 4) is 11.5 Å². The Morgan fingerprint density at radius 2 is 1.79 bits per heavy atom. The molecule has 10 heteroatoms. The molecule has 34 heavy (non-hydrogen) atoms. The summed E-state index contributed by atoms with van der Waals surface area (Å²) in [7, 11) is -2.10. The van der Waals surface area contributed by atoms with E-state index in [0.717, 1.165) is 5.56 Å². The highest BCUT2D eigenvalue weighted by molar-refractivity contribution is 7.89. The number of ether oxygens (including phenoxy) is 3. The number of amides is 1. The lowest BCUT2D eigenvalue weighted by molar-refractivity contribution is -0.120. The minimum atomic E-state index is -3.69. The zero-order valence-electron chi connectivity index (χ0n) is 20.0. The first-order valence-electron chi connectivity index (χ1n) is 11.3. The van der Waals surface area contributed by atoms with Gasteiger partial charge >= 0.3 is 0 Å². The number of carbonyl (C=O) groups is 1. The Morgan fingerprint density at radius 1 is 1.09 bits per heavy atom. The Hall–Kier alpha value is -2.82. The van der Waals surface area contributed by atoms with E-state index in [-0.39, 0.29) is 29.5 Å². The number of benzene rings is 2. The summed E-state index contributed by atoms with van der Waals surface area (Å²) in [6.45, 7) is 6.91. The number of rotatable bonds is 10. The second-order valence-electron chi connectivity index (χ2n) is 8.23. The van der Waals surface area contributed by atoms with Crippen LogP contribution in [0, 0.1) is 0 Å². The Balaban J connectivity index is 1.75. The van der Waals surface area contributed by atoms with Crippen LogP contribution in [0.1, 0.15) is 32.4 Å². The monoisotopic (exact) mass is 491 g/mol. The number of anilines is 1. The molecule has 1 aliphatic rings. The van der Waals surface area contributed by atoms with Gasteiger partial charge in [-0.3, -0.25) is 4.79 Å². The van der Waals surface area contributed by atoms with E-state index in [1.54, 1.807) is 13.2 Å². The maximum absolute atomic E-state index is 13.1. The fourth-order valence-electron chi connectivity index (χ4n) is 3.67. The minimum absolute atomic E-state index is 0.0605. The van der Waals surface area contributed by atoms with Gasteiger partial charge in [0, 0.05) is 18.7 Å². The summed E-state index contributed by atoms with van der Waals surface area (Å²) in [5, 5.41) is 5.98. The summed E-state index contributed by atoms with van der Waals surface area (Å²) in [5.74, 6) is 0.911. The lowest BCUT2D eigenvalue weighted by atomic mass is 10.1. The standard InChI is InChI=1S/C24H33N3O6S/c1-17(2)33-23-10-9-19(34(29,30)27-11-13-32-14-12-27)15-21(23)25-16-24(28)26-18(3)20-7-5-6-8-22(20)31-4/h5-10,15,17-18,25H,11-14,16H2,1-4H3,(H,26,28). The molecule has 3 rings (SSSR count). The average molecular weight is 492 g/mol. The lowest BCUT2D eigenvalue weighted by Crippen LogP contribution is -2.40. The van der Waals surface area contributed by atoms with Gasteiger partial charge in [-0.25, -0.2) is 8.42 Å². The molecule has 0 aliphatic carbocycles. The Kier molecular flexibility index (Phi) is 8.76. The molecule has 1 aliphatic heterocycles. The van der Waals surface area contributed by atoms with E-state index in [2.05, 4.69) is 10.6 Å². The number of para-hydroxylation sites is 1. The van der Waals surface area contributed by atoms with Crippen LogP contribution in [0.2, 0.25) is 0 Å². The largest absolute Gasteiger partial charge is 0.496 e. The van der Waals surface area contributed by atoms with Crippen molar-refractivity contribution < 1.29 is 27.4 Å². The first-order chi connectivity index (χ1) is 16.2. The van der Waals surface area contributed by atoms with Gasteiger partial charge in [0.1, 0.15) is 11.5 Å². The molecule has 0 aromatic heterocycles. The lowest BCUT2D eigenvalue weighted by Gasteiger charge is -2.26. The van der Waals surface area contributed by atoms with E-state index in [4.69, 9.17) is 14.2 Å². The molecule has 1 saturated heterocycles. The number of nitrogens with zero attached hydrogens (tertiary/aromatic N) is 1. The number of morpholine rings is 1. The highest BCUT2D eigenvalue weighted by Gasteiger charge is 2.27. The van der Waals surface area contributed by atoms with Crippen molar-refractivity contribution >= 4 is 21.6 Å². The molecule has 0 spiro atoms. The van der Waals surface area contributed by atoms with E-state index in [0.29, 0.717) is 43.5 Å². The van der Waals surface area contributed by atoms with Gasteiger partial charge in [-0.15, -0.1) is 0 Å². The van der Waals surface area contributed by atoms with E-state index in [1.165, 1.54) is 16.4 Å². The molecule has 0 radical (unpaired) electrons. The average Bonchev–Trinajstić information content (AvgIpc) is 2.83. The van der Waals surface area contributed by atoms with Crippen molar-refractivity contribution in [1.82, 2.24) is 9.62 Å². The minimum Gasteiger partial charge on any atom is -0.496 e. The molecule has 2 N–H and O–H groups in total. The van der Waals surface area contributed by atoms with E-state index in [1.807, 2.05) is 45.0 Å². The highest BCUT2D eigenvalue weighted by Crippen LogP contribution is 2.30. The van der Waals surface area contributed by atoms with Crippen molar-refractivity contribution in [3.05, 3.63) is 48.0 Å². The summed E-state index contributed by atoms with van der Waals surface area (Å²) in [6, 6.07) is 11.9. The van der Waals surface area contributed by atoms with Gasteiger partial charge in [-0.2, -0.15) is 4.31 Å². The van der Waals surface area contributed by atoms with Crippen LogP contribution in [0.3, 0.4) is 0 Å². The first-order valence-corrected chi connectivity index (χ1v) is 12.7.